The van der Waals surface area contributed by atoms with E-state index in [0.717, 1.165) is 17.7 Å². The van der Waals surface area contributed by atoms with E-state index in [1.807, 2.05) is 31.2 Å². The monoisotopic (exact) mass is 538 g/mol. The lowest BCUT2D eigenvalue weighted by molar-refractivity contribution is -0.139. The summed E-state index contributed by atoms with van der Waals surface area (Å²) in [5.41, 5.74) is 4.46. The number of carbonyl (C=O) groups is 3. The molecule has 0 bridgehead atoms. The number of esters is 1. The van der Waals surface area contributed by atoms with E-state index in [1.54, 1.807) is 32.0 Å². The molecule has 2 atom stereocenters. The van der Waals surface area contributed by atoms with Crippen LogP contribution in [0.3, 0.4) is 0 Å². The van der Waals surface area contributed by atoms with Crippen molar-refractivity contribution in [1.82, 2.24) is 16.1 Å². The Morgan fingerprint density at radius 2 is 1.87 bits per heavy atom. The number of ether oxygens (including phenoxy) is 4. The molecule has 0 aliphatic carbocycles. The van der Waals surface area contributed by atoms with Crippen molar-refractivity contribution in [3.63, 3.8) is 0 Å². The minimum absolute atomic E-state index is 0.132. The molecule has 1 aliphatic rings. The zero-order chi connectivity index (χ0) is 28.4. The molecular weight excluding hydrogens is 504 g/mol. The van der Waals surface area contributed by atoms with Crippen LogP contribution in [0.5, 0.6) is 17.2 Å². The van der Waals surface area contributed by atoms with Crippen molar-refractivity contribution in [2.75, 3.05) is 20.3 Å². The Labute approximate surface area is 227 Å². The summed E-state index contributed by atoms with van der Waals surface area (Å²) in [6.07, 6.45) is 2.56. The highest BCUT2D eigenvalue weighted by atomic mass is 16.5. The molecule has 0 saturated carbocycles. The molecule has 1 aliphatic heterocycles. The predicted octanol–water partition coefficient (Wildman–Crippen LogP) is 3.59. The molecule has 11 nitrogen and oxygen atoms in total. The third kappa shape index (κ3) is 7.97. The lowest BCUT2D eigenvalue weighted by Gasteiger charge is -2.28. The van der Waals surface area contributed by atoms with Crippen LogP contribution in [0.1, 0.15) is 51.3 Å². The van der Waals surface area contributed by atoms with E-state index in [4.69, 9.17) is 18.9 Å². The first-order valence-corrected chi connectivity index (χ1v) is 12.6. The Morgan fingerprint density at radius 3 is 2.54 bits per heavy atom. The average molecular weight is 539 g/mol. The SMILES string of the molecule is CCOC(=O)C1=C(C)NC(=O)N[C@H]1c1ccc(OCC(=O)N/N=C\c2ccc(O[C@H](C)CC)cc2)c(OC)c1. The van der Waals surface area contributed by atoms with E-state index < -0.39 is 23.9 Å². The van der Waals surface area contributed by atoms with E-state index in [0.29, 0.717) is 22.8 Å². The number of benzene rings is 2. The second-order valence-electron chi connectivity index (χ2n) is 8.69. The van der Waals surface area contributed by atoms with E-state index in [1.165, 1.54) is 13.3 Å². The minimum atomic E-state index is -0.756. The highest BCUT2D eigenvalue weighted by molar-refractivity contribution is 5.95. The third-order valence-corrected chi connectivity index (χ3v) is 5.84. The summed E-state index contributed by atoms with van der Waals surface area (Å²) >= 11 is 0. The zero-order valence-electron chi connectivity index (χ0n) is 22.7. The lowest BCUT2D eigenvalue weighted by Crippen LogP contribution is -2.45. The van der Waals surface area contributed by atoms with Gasteiger partial charge in [0.05, 0.1) is 37.7 Å². The summed E-state index contributed by atoms with van der Waals surface area (Å²) in [5, 5.41) is 9.28. The van der Waals surface area contributed by atoms with Gasteiger partial charge in [-0.2, -0.15) is 5.10 Å². The lowest BCUT2D eigenvalue weighted by atomic mass is 9.95. The number of allylic oxidation sites excluding steroid dienone is 1. The molecular formula is C28H34N4O7. The molecule has 3 rings (SSSR count). The van der Waals surface area contributed by atoms with Crippen LogP contribution in [-0.2, 0) is 14.3 Å². The van der Waals surface area contributed by atoms with E-state index in [-0.39, 0.29) is 24.9 Å². The number of hydrogen-bond acceptors (Lipinski definition) is 8. The normalized spacial score (nSPS) is 15.7. The Bertz CT molecular complexity index is 1240. The van der Waals surface area contributed by atoms with Crippen LogP contribution in [0, 0.1) is 0 Å². The van der Waals surface area contributed by atoms with Crippen molar-refractivity contribution in [1.29, 1.82) is 0 Å². The number of amides is 3. The number of methoxy groups -OCH3 is 1. The van der Waals surface area contributed by atoms with Crippen molar-refractivity contribution < 1.29 is 33.3 Å². The van der Waals surface area contributed by atoms with Gasteiger partial charge in [-0.1, -0.05) is 13.0 Å². The van der Waals surface area contributed by atoms with Crippen LogP contribution >= 0.6 is 0 Å². The number of rotatable bonds is 12. The Balaban J connectivity index is 1.61. The molecule has 0 radical (unpaired) electrons. The van der Waals surface area contributed by atoms with Crippen LogP contribution in [0.4, 0.5) is 4.79 Å². The van der Waals surface area contributed by atoms with Gasteiger partial charge < -0.3 is 29.6 Å². The molecule has 39 heavy (non-hydrogen) atoms. The fourth-order valence-electron chi connectivity index (χ4n) is 3.71. The molecule has 0 fully saturated rings. The first-order chi connectivity index (χ1) is 18.7. The average Bonchev–Trinajstić information content (AvgIpc) is 2.92. The van der Waals surface area contributed by atoms with E-state index in [2.05, 4.69) is 28.1 Å². The van der Waals surface area contributed by atoms with Crippen LogP contribution in [-0.4, -0.2) is 50.5 Å². The summed E-state index contributed by atoms with van der Waals surface area (Å²) in [6, 6.07) is 11.1. The minimum Gasteiger partial charge on any atom is -0.493 e. The fraction of sp³-hybridized carbons (Fsp3) is 0.357. The van der Waals surface area contributed by atoms with E-state index >= 15 is 0 Å². The Hall–Kier alpha value is -4.54. The maximum atomic E-state index is 12.6. The van der Waals surface area contributed by atoms with Crippen LogP contribution in [0.15, 0.2) is 58.8 Å². The molecule has 2 aromatic carbocycles. The van der Waals surface area contributed by atoms with Gasteiger partial charge in [0.1, 0.15) is 5.75 Å². The van der Waals surface area contributed by atoms with Crippen molar-refractivity contribution in [2.24, 2.45) is 5.10 Å². The Morgan fingerprint density at radius 1 is 1.13 bits per heavy atom. The van der Waals surface area contributed by atoms with Crippen molar-refractivity contribution in [3.8, 4) is 17.2 Å². The number of nitrogens with zero attached hydrogens (tertiary/aromatic N) is 1. The largest absolute Gasteiger partial charge is 0.493 e. The summed E-state index contributed by atoms with van der Waals surface area (Å²) in [7, 11) is 1.45. The molecule has 11 heteroatoms. The maximum Gasteiger partial charge on any atom is 0.338 e. The van der Waals surface area contributed by atoms with Gasteiger partial charge in [0.2, 0.25) is 0 Å². The zero-order valence-corrected chi connectivity index (χ0v) is 22.7. The van der Waals surface area contributed by atoms with Gasteiger partial charge in [-0.25, -0.2) is 15.0 Å². The van der Waals surface area contributed by atoms with E-state index in [9.17, 15) is 14.4 Å². The molecule has 2 aromatic rings. The quantitative estimate of drug-likeness (QED) is 0.213. The van der Waals surface area contributed by atoms with Gasteiger partial charge in [-0.15, -0.1) is 0 Å². The first-order valence-electron chi connectivity index (χ1n) is 12.6. The fourth-order valence-corrected chi connectivity index (χ4v) is 3.71. The highest BCUT2D eigenvalue weighted by Gasteiger charge is 2.32. The summed E-state index contributed by atoms with van der Waals surface area (Å²) in [6.45, 7) is 7.27. The molecule has 0 spiro atoms. The molecule has 0 saturated heterocycles. The van der Waals surface area contributed by atoms with Gasteiger partial charge in [-0.3, -0.25) is 4.79 Å². The van der Waals surface area contributed by atoms with Gasteiger partial charge >= 0.3 is 12.0 Å². The predicted molar refractivity (Wildman–Crippen MR) is 145 cm³/mol. The van der Waals surface area contributed by atoms with Crippen molar-refractivity contribution in [3.05, 3.63) is 64.9 Å². The molecule has 3 amide bonds. The standard InChI is InChI=1S/C28H34N4O7/c1-6-17(3)39-21-11-8-19(9-12-21)15-29-32-24(33)16-38-22-13-10-20(14-23(22)36-5)26-25(27(34)37-7-2)18(4)30-28(35)31-26/h8-15,17,26H,6-7,16H2,1-5H3,(H,32,33)(H2,30,31,35)/b29-15-/t17-,26+/m1/s1. The van der Waals surface area contributed by atoms with Gasteiger partial charge in [-0.05, 0) is 74.7 Å². The topological polar surface area (TPSA) is 137 Å². The smallest absolute Gasteiger partial charge is 0.338 e. The number of hydrogen-bond donors (Lipinski definition) is 3. The summed E-state index contributed by atoms with van der Waals surface area (Å²) < 4.78 is 22.0. The first kappa shape index (κ1) is 29.0. The molecule has 0 aromatic heterocycles. The number of carbonyl (C=O) groups excluding carboxylic acids is 3. The Kier molecular flexibility index (Phi) is 10.3. The highest BCUT2D eigenvalue weighted by Crippen LogP contribution is 2.34. The number of urea groups is 1. The summed E-state index contributed by atoms with van der Waals surface area (Å²) in [5.74, 6) is 0.375. The maximum absolute atomic E-state index is 12.6. The number of hydrazone groups is 1. The second kappa shape index (κ2) is 13.8. The van der Waals surface area contributed by atoms with Gasteiger partial charge in [0.25, 0.3) is 5.91 Å². The second-order valence-corrected chi connectivity index (χ2v) is 8.69. The van der Waals surface area contributed by atoms with Crippen LogP contribution < -0.4 is 30.3 Å². The van der Waals surface area contributed by atoms with Crippen LogP contribution in [0.25, 0.3) is 0 Å². The van der Waals surface area contributed by atoms with Crippen molar-refractivity contribution >= 4 is 24.1 Å². The molecule has 3 N–H and O–H groups in total. The van der Waals surface area contributed by atoms with Gasteiger partial charge in [0, 0.05) is 5.70 Å². The molecule has 1 heterocycles. The van der Waals surface area contributed by atoms with Crippen molar-refractivity contribution in [2.45, 2.75) is 46.3 Å². The third-order valence-electron chi connectivity index (χ3n) is 5.84. The molecule has 0 unspecified atom stereocenters. The van der Waals surface area contributed by atoms with Gasteiger partial charge in [0.15, 0.2) is 18.1 Å². The molecule has 208 valence electrons. The number of nitrogens with one attached hydrogen (secondary N) is 3. The summed E-state index contributed by atoms with van der Waals surface area (Å²) in [4.78, 5) is 36.9. The van der Waals surface area contributed by atoms with Crippen LogP contribution in [0.2, 0.25) is 0 Å².